The molecule has 5 nitrogen and oxygen atoms in total. The number of aliphatic hydroxyl groups excluding tert-OH is 1. The monoisotopic (exact) mass is 215 g/mol. The van der Waals surface area contributed by atoms with Gasteiger partial charge in [-0.2, -0.15) is 16.7 Å². The second kappa shape index (κ2) is 4.29. The predicted octanol–water partition coefficient (Wildman–Crippen LogP) is 0.328. The Labute approximate surface area is 86.3 Å². The van der Waals surface area contributed by atoms with E-state index in [-0.39, 0.29) is 12.1 Å². The molecule has 6 heteroatoms. The molecule has 1 aliphatic heterocycles. The van der Waals surface area contributed by atoms with Crippen LogP contribution in [0.15, 0.2) is 4.52 Å². The van der Waals surface area contributed by atoms with Gasteiger partial charge in [0.2, 0.25) is 5.89 Å². The number of hydrogen-bond acceptors (Lipinski definition) is 6. The van der Waals surface area contributed by atoms with Crippen molar-refractivity contribution in [2.45, 2.75) is 24.3 Å². The van der Waals surface area contributed by atoms with Gasteiger partial charge in [0.25, 0.3) is 0 Å². The van der Waals surface area contributed by atoms with Crippen molar-refractivity contribution in [3.63, 3.8) is 0 Å². The molecule has 78 valence electrons. The largest absolute Gasteiger partial charge is 0.392 e. The lowest BCUT2D eigenvalue weighted by Crippen LogP contribution is -2.15. The zero-order valence-corrected chi connectivity index (χ0v) is 8.75. The SMILES string of the molecule is CSCc1noc([C@H]2C[C@@H](O)CN2)n1. The number of thioether (sulfide) groups is 1. The highest BCUT2D eigenvalue weighted by molar-refractivity contribution is 7.97. The highest BCUT2D eigenvalue weighted by atomic mass is 32.2. The van der Waals surface area contributed by atoms with Crippen LogP contribution in [0.1, 0.15) is 24.2 Å². The molecule has 0 aromatic carbocycles. The molecular weight excluding hydrogens is 202 g/mol. The van der Waals surface area contributed by atoms with Gasteiger partial charge in [-0.05, 0) is 12.7 Å². The summed E-state index contributed by atoms with van der Waals surface area (Å²) in [4.78, 5) is 4.24. The van der Waals surface area contributed by atoms with Gasteiger partial charge >= 0.3 is 0 Å². The molecular formula is C8H13N3O2S. The maximum absolute atomic E-state index is 9.31. The first-order chi connectivity index (χ1) is 6.79. The summed E-state index contributed by atoms with van der Waals surface area (Å²) in [5, 5.41) is 16.3. The summed E-state index contributed by atoms with van der Waals surface area (Å²) in [7, 11) is 0. The predicted molar refractivity (Wildman–Crippen MR) is 52.9 cm³/mol. The lowest BCUT2D eigenvalue weighted by Gasteiger charge is -2.01. The fourth-order valence-electron chi connectivity index (χ4n) is 1.50. The molecule has 1 saturated heterocycles. The van der Waals surface area contributed by atoms with E-state index in [0.29, 0.717) is 18.9 Å². The van der Waals surface area contributed by atoms with E-state index in [1.807, 2.05) is 6.26 Å². The van der Waals surface area contributed by atoms with Gasteiger partial charge in [0.1, 0.15) is 0 Å². The fourth-order valence-corrected chi connectivity index (χ4v) is 1.88. The molecule has 1 aromatic heterocycles. The van der Waals surface area contributed by atoms with Crippen LogP contribution >= 0.6 is 11.8 Å². The van der Waals surface area contributed by atoms with Crippen LogP contribution in [0.25, 0.3) is 0 Å². The molecule has 0 bridgehead atoms. The number of β-amino-alcohol motifs (C(OH)–C–C–N with tert-alkyl or cyclic N) is 1. The minimum Gasteiger partial charge on any atom is -0.392 e. The molecule has 1 fully saturated rings. The molecule has 2 N–H and O–H groups in total. The molecule has 0 radical (unpaired) electrons. The second-order valence-electron chi connectivity index (χ2n) is 3.33. The van der Waals surface area contributed by atoms with Gasteiger partial charge in [0.15, 0.2) is 5.82 Å². The van der Waals surface area contributed by atoms with Gasteiger partial charge < -0.3 is 14.9 Å². The Morgan fingerprint density at radius 1 is 1.71 bits per heavy atom. The number of aromatic nitrogens is 2. The first kappa shape index (κ1) is 9.95. The Kier molecular flexibility index (Phi) is 3.05. The topological polar surface area (TPSA) is 71.2 Å². The Morgan fingerprint density at radius 2 is 2.57 bits per heavy atom. The third-order valence-electron chi connectivity index (χ3n) is 2.16. The van der Waals surface area contributed by atoms with Crippen LogP contribution in [0, 0.1) is 0 Å². The van der Waals surface area contributed by atoms with Crippen LogP contribution in [0.5, 0.6) is 0 Å². The molecule has 1 aliphatic rings. The van der Waals surface area contributed by atoms with E-state index in [1.54, 1.807) is 11.8 Å². The number of rotatable bonds is 3. The molecule has 0 amide bonds. The van der Waals surface area contributed by atoms with Gasteiger partial charge in [0.05, 0.1) is 17.9 Å². The molecule has 2 heterocycles. The summed E-state index contributed by atoms with van der Waals surface area (Å²) in [5.74, 6) is 2.07. The molecule has 2 atom stereocenters. The van der Waals surface area contributed by atoms with Crippen LogP contribution in [0.2, 0.25) is 0 Å². The summed E-state index contributed by atoms with van der Waals surface area (Å²) in [6, 6.07) is 0.0214. The van der Waals surface area contributed by atoms with Crippen molar-refractivity contribution in [2.75, 3.05) is 12.8 Å². The van der Waals surface area contributed by atoms with Crippen molar-refractivity contribution in [1.29, 1.82) is 0 Å². The summed E-state index contributed by atoms with van der Waals surface area (Å²) < 4.78 is 5.10. The Bertz CT molecular complexity index is 305. The highest BCUT2D eigenvalue weighted by Crippen LogP contribution is 2.22. The fraction of sp³-hybridized carbons (Fsp3) is 0.750. The summed E-state index contributed by atoms with van der Waals surface area (Å²) >= 11 is 1.66. The Morgan fingerprint density at radius 3 is 3.21 bits per heavy atom. The lowest BCUT2D eigenvalue weighted by molar-refractivity contribution is 0.191. The summed E-state index contributed by atoms with van der Waals surface area (Å²) in [6.07, 6.45) is 2.35. The molecule has 14 heavy (non-hydrogen) atoms. The van der Waals surface area contributed by atoms with Crippen molar-refractivity contribution in [1.82, 2.24) is 15.5 Å². The average molecular weight is 215 g/mol. The molecule has 0 unspecified atom stereocenters. The van der Waals surface area contributed by atoms with Gasteiger partial charge in [-0.25, -0.2) is 0 Å². The molecule has 0 aliphatic carbocycles. The zero-order chi connectivity index (χ0) is 9.97. The van der Waals surface area contributed by atoms with Gasteiger partial charge in [-0.1, -0.05) is 5.16 Å². The van der Waals surface area contributed by atoms with E-state index in [0.717, 1.165) is 11.6 Å². The van der Waals surface area contributed by atoms with E-state index in [4.69, 9.17) is 4.52 Å². The van der Waals surface area contributed by atoms with E-state index in [1.165, 1.54) is 0 Å². The highest BCUT2D eigenvalue weighted by Gasteiger charge is 2.27. The first-order valence-corrected chi connectivity index (χ1v) is 5.92. The molecule has 0 saturated carbocycles. The quantitative estimate of drug-likeness (QED) is 0.757. The van der Waals surface area contributed by atoms with Crippen molar-refractivity contribution in [3.05, 3.63) is 11.7 Å². The van der Waals surface area contributed by atoms with Crippen molar-refractivity contribution < 1.29 is 9.63 Å². The van der Waals surface area contributed by atoms with Crippen LogP contribution < -0.4 is 5.32 Å². The Balaban J connectivity index is 2.02. The molecule has 2 rings (SSSR count). The lowest BCUT2D eigenvalue weighted by atomic mass is 10.2. The standard InChI is InChI=1S/C8H13N3O2S/c1-14-4-7-10-8(13-11-7)6-2-5(12)3-9-6/h5-6,9,12H,2-4H2,1H3/t5-,6-/m1/s1. The third kappa shape index (κ3) is 2.08. The summed E-state index contributed by atoms with van der Waals surface area (Å²) in [6.45, 7) is 0.602. The van der Waals surface area contributed by atoms with Crippen molar-refractivity contribution in [2.24, 2.45) is 0 Å². The third-order valence-corrected chi connectivity index (χ3v) is 2.71. The van der Waals surface area contributed by atoms with Gasteiger partial charge in [0, 0.05) is 6.54 Å². The summed E-state index contributed by atoms with van der Waals surface area (Å²) in [5.41, 5.74) is 0. The van der Waals surface area contributed by atoms with Crippen molar-refractivity contribution >= 4 is 11.8 Å². The maximum atomic E-state index is 9.31. The zero-order valence-electron chi connectivity index (χ0n) is 7.93. The van der Waals surface area contributed by atoms with E-state index in [2.05, 4.69) is 15.5 Å². The first-order valence-electron chi connectivity index (χ1n) is 4.52. The van der Waals surface area contributed by atoms with Crippen LogP contribution in [0.3, 0.4) is 0 Å². The minimum atomic E-state index is -0.295. The van der Waals surface area contributed by atoms with E-state index >= 15 is 0 Å². The van der Waals surface area contributed by atoms with Crippen molar-refractivity contribution in [3.8, 4) is 0 Å². The van der Waals surface area contributed by atoms with Gasteiger partial charge in [-0.15, -0.1) is 0 Å². The Hall–Kier alpha value is -0.590. The van der Waals surface area contributed by atoms with E-state index in [9.17, 15) is 5.11 Å². The average Bonchev–Trinajstić information content (AvgIpc) is 2.74. The molecule has 0 spiro atoms. The van der Waals surface area contributed by atoms with Gasteiger partial charge in [-0.3, -0.25) is 0 Å². The number of hydrogen-bond donors (Lipinski definition) is 2. The number of aliphatic hydroxyl groups is 1. The van der Waals surface area contributed by atoms with E-state index < -0.39 is 0 Å². The van der Waals surface area contributed by atoms with Crippen LogP contribution in [0.4, 0.5) is 0 Å². The van der Waals surface area contributed by atoms with Crippen LogP contribution in [-0.4, -0.2) is 34.2 Å². The smallest absolute Gasteiger partial charge is 0.243 e. The minimum absolute atomic E-state index is 0.0214. The second-order valence-corrected chi connectivity index (χ2v) is 4.20. The number of nitrogens with one attached hydrogen (secondary N) is 1. The number of nitrogens with zero attached hydrogens (tertiary/aromatic N) is 2. The molecule has 1 aromatic rings. The van der Waals surface area contributed by atoms with Crippen LogP contribution in [-0.2, 0) is 5.75 Å². The maximum Gasteiger partial charge on any atom is 0.243 e. The normalized spacial score (nSPS) is 27.0.